The standard InChI is InChI=1S/C20H38O4Si/c1-10-12-16(21)18-17(22-20(6,7)23-18)14-11-13-15(2)24-25(8,9)19(3,4)5/h10-11,14-18,21H,1,12-13H2,2-9H3/b14-11-/t15-,16-,17-,18-/m0/s1. The van der Waals surface area contributed by atoms with E-state index in [0.717, 1.165) is 6.42 Å². The van der Waals surface area contributed by atoms with Crippen molar-refractivity contribution in [2.45, 2.75) is 103 Å². The molecule has 0 radical (unpaired) electrons. The lowest BCUT2D eigenvalue weighted by molar-refractivity contribution is -0.153. The molecule has 0 bridgehead atoms. The molecule has 25 heavy (non-hydrogen) atoms. The van der Waals surface area contributed by atoms with E-state index in [1.807, 2.05) is 19.9 Å². The van der Waals surface area contributed by atoms with Crippen LogP contribution in [0.2, 0.25) is 18.1 Å². The minimum absolute atomic E-state index is 0.157. The molecule has 1 N–H and O–H groups in total. The third-order valence-electron chi connectivity index (χ3n) is 5.05. The molecule has 0 aromatic heterocycles. The van der Waals surface area contributed by atoms with Gasteiger partial charge in [0.05, 0.1) is 6.10 Å². The van der Waals surface area contributed by atoms with Gasteiger partial charge in [-0.15, -0.1) is 6.58 Å². The van der Waals surface area contributed by atoms with Crippen LogP contribution >= 0.6 is 0 Å². The lowest BCUT2D eigenvalue weighted by atomic mass is 10.0. The Labute approximate surface area is 155 Å². The number of ether oxygens (including phenoxy) is 2. The lowest BCUT2D eigenvalue weighted by Gasteiger charge is -2.38. The van der Waals surface area contributed by atoms with Crippen molar-refractivity contribution in [2.75, 3.05) is 0 Å². The summed E-state index contributed by atoms with van der Waals surface area (Å²) in [6.07, 6.45) is 5.99. The van der Waals surface area contributed by atoms with Crippen LogP contribution in [0.15, 0.2) is 24.8 Å². The van der Waals surface area contributed by atoms with E-state index in [1.165, 1.54) is 0 Å². The summed E-state index contributed by atoms with van der Waals surface area (Å²) in [6, 6.07) is 0. The molecule has 4 nitrogen and oxygen atoms in total. The average molecular weight is 371 g/mol. The van der Waals surface area contributed by atoms with Crippen molar-refractivity contribution in [3.63, 3.8) is 0 Å². The molecule has 1 aliphatic rings. The number of aliphatic hydroxyl groups excluding tert-OH is 1. The van der Waals surface area contributed by atoms with Crippen LogP contribution in [0.25, 0.3) is 0 Å². The van der Waals surface area contributed by atoms with E-state index in [-0.39, 0.29) is 23.4 Å². The van der Waals surface area contributed by atoms with E-state index in [4.69, 9.17) is 13.9 Å². The number of aliphatic hydroxyl groups is 1. The molecule has 0 saturated carbocycles. The topological polar surface area (TPSA) is 47.9 Å². The van der Waals surface area contributed by atoms with E-state index in [2.05, 4.69) is 53.4 Å². The van der Waals surface area contributed by atoms with Gasteiger partial charge in [0.25, 0.3) is 0 Å². The molecule has 5 heteroatoms. The second kappa shape index (κ2) is 8.48. The number of hydrogen-bond acceptors (Lipinski definition) is 4. The molecule has 1 rings (SSSR count). The molecular formula is C20H38O4Si. The smallest absolute Gasteiger partial charge is 0.192 e. The van der Waals surface area contributed by atoms with Crippen LogP contribution in [0.5, 0.6) is 0 Å². The highest BCUT2D eigenvalue weighted by atomic mass is 28.4. The molecular weight excluding hydrogens is 332 g/mol. The van der Waals surface area contributed by atoms with Crippen LogP contribution < -0.4 is 0 Å². The SMILES string of the molecule is C=CC[C@H](O)[C@@H]1OC(C)(C)O[C@H]1/C=C\C[C@H](C)O[Si](C)(C)C(C)(C)C. The Bertz CT molecular complexity index is 465. The zero-order valence-electron chi connectivity index (χ0n) is 17.3. The van der Waals surface area contributed by atoms with Crippen molar-refractivity contribution in [1.82, 2.24) is 0 Å². The molecule has 0 unspecified atom stereocenters. The quantitative estimate of drug-likeness (QED) is 0.492. The Kier molecular flexibility index (Phi) is 7.66. The van der Waals surface area contributed by atoms with Gasteiger partial charge >= 0.3 is 0 Å². The number of hydrogen-bond donors (Lipinski definition) is 1. The number of rotatable bonds is 8. The maximum absolute atomic E-state index is 10.3. The first-order valence-corrected chi connectivity index (χ1v) is 12.2. The molecule has 0 aliphatic carbocycles. The Morgan fingerprint density at radius 2 is 1.84 bits per heavy atom. The van der Waals surface area contributed by atoms with Crippen LogP contribution in [-0.4, -0.2) is 43.6 Å². The van der Waals surface area contributed by atoms with Crippen molar-refractivity contribution in [1.29, 1.82) is 0 Å². The first-order chi connectivity index (χ1) is 11.3. The highest BCUT2D eigenvalue weighted by Gasteiger charge is 2.43. The minimum Gasteiger partial charge on any atom is -0.414 e. The molecule has 0 aromatic carbocycles. The van der Waals surface area contributed by atoms with Crippen LogP contribution in [-0.2, 0) is 13.9 Å². The maximum Gasteiger partial charge on any atom is 0.192 e. The van der Waals surface area contributed by atoms with Gasteiger partial charge < -0.3 is 19.0 Å². The third kappa shape index (κ3) is 6.64. The van der Waals surface area contributed by atoms with E-state index >= 15 is 0 Å². The fourth-order valence-corrected chi connectivity index (χ4v) is 4.16. The van der Waals surface area contributed by atoms with Crippen molar-refractivity contribution in [2.24, 2.45) is 0 Å². The second-order valence-corrected chi connectivity index (χ2v) is 13.8. The average Bonchev–Trinajstić information content (AvgIpc) is 2.72. The largest absolute Gasteiger partial charge is 0.414 e. The Morgan fingerprint density at radius 1 is 1.24 bits per heavy atom. The summed E-state index contributed by atoms with van der Waals surface area (Å²) in [7, 11) is -1.76. The molecule has 1 heterocycles. The van der Waals surface area contributed by atoms with Crippen molar-refractivity contribution in [3.8, 4) is 0 Å². The van der Waals surface area contributed by atoms with Gasteiger partial charge in [0.1, 0.15) is 12.2 Å². The molecule has 1 aliphatic heterocycles. The van der Waals surface area contributed by atoms with Gasteiger partial charge in [-0.1, -0.05) is 39.0 Å². The molecule has 0 amide bonds. The fourth-order valence-electron chi connectivity index (χ4n) is 2.70. The summed E-state index contributed by atoms with van der Waals surface area (Å²) in [5, 5.41) is 10.5. The fraction of sp³-hybridized carbons (Fsp3) is 0.800. The van der Waals surface area contributed by atoms with Gasteiger partial charge in [0.2, 0.25) is 0 Å². The van der Waals surface area contributed by atoms with Gasteiger partial charge in [0.15, 0.2) is 14.1 Å². The molecule has 1 saturated heterocycles. The highest BCUT2D eigenvalue weighted by molar-refractivity contribution is 6.74. The predicted octanol–water partition coefficient (Wildman–Crippen LogP) is 4.80. The Morgan fingerprint density at radius 3 is 2.36 bits per heavy atom. The van der Waals surface area contributed by atoms with E-state index < -0.39 is 20.2 Å². The summed E-state index contributed by atoms with van der Waals surface area (Å²) in [6.45, 7) is 20.8. The Balaban J connectivity index is 2.65. The zero-order valence-corrected chi connectivity index (χ0v) is 18.3. The van der Waals surface area contributed by atoms with Crippen molar-refractivity contribution >= 4 is 8.32 Å². The summed E-state index contributed by atoms with van der Waals surface area (Å²) in [5.74, 6) is -0.689. The molecule has 146 valence electrons. The zero-order chi connectivity index (χ0) is 19.5. The second-order valence-electron chi connectivity index (χ2n) is 9.01. The summed E-state index contributed by atoms with van der Waals surface area (Å²) in [5.41, 5.74) is 0. The normalized spacial score (nSPS) is 26.8. The van der Waals surface area contributed by atoms with Crippen molar-refractivity contribution in [3.05, 3.63) is 24.8 Å². The molecule has 1 fully saturated rings. The lowest BCUT2D eigenvalue weighted by Crippen LogP contribution is -2.43. The van der Waals surface area contributed by atoms with Gasteiger partial charge in [-0.05, 0) is 51.7 Å². The van der Waals surface area contributed by atoms with Crippen LogP contribution in [0, 0.1) is 0 Å². The van der Waals surface area contributed by atoms with Crippen LogP contribution in [0.4, 0.5) is 0 Å². The monoisotopic (exact) mass is 370 g/mol. The van der Waals surface area contributed by atoms with Gasteiger partial charge in [0, 0.05) is 6.10 Å². The Hall–Kier alpha value is -0.463. The molecule has 0 spiro atoms. The van der Waals surface area contributed by atoms with Gasteiger partial charge in [-0.25, -0.2) is 0 Å². The first-order valence-electron chi connectivity index (χ1n) is 9.28. The van der Waals surface area contributed by atoms with Crippen molar-refractivity contribution < 1.29 is 19.0 Å². The van der Waals surface area contributed by atoms with Gasteiger partial charge in [-0.2, -0.15) is 0 Å². The van der Waals surface area contributed by atoms with E-state index in [1.54, 1.807) is 6.08 Å². The summed E-state index contributed by atoms with van der Waals surface area (Å²) >= 11 is 0. The maximum atomic E-state index is 10.3. The van der Waals surface area contributed by atoms with Crippen LogP contribution in [0.3, 0.4) is 0 Å². The van der Waals surface area contributed by atoms with E-state index in [0.29, 0.717) is 6.42 Å². The predicted molar refractivity (Wildman–Crippen MR) is 106 cm³/mol. The molecule has 0 aromatic rings. The third-order valence-corrected chi connectivity index (χ3v) is 9.65. The highest BCUT2D eigenvalue weighted by Crippen LogP contribution is 2.37. The van der Waals surface area contributed by atoms with Crippen LogP contribution in [0.1, 0.15) is 54.4 Å². The summed E-state index contributed by atoms with van der Waals surface area (Å²) in [4.78, 5) is 0. The minimum atomic E-state index is -1.76. The summed E-state index contributed by atoms with van der Waals surface area (Å²) < 4.78 is 18.2. The molecule has 4 atom stereocenters. The van der Waals surface area contributed by atoms with Gasteiger partial charge in [-0.3, -0.25) is 0 Å². The van der Waals surface area contributed by atoms with E-state index in [9.17, 15) is 5.11 Å². The first kappa shape index (κ1) is 22.6.